The summed E-state index contributed by atoms with van der Waals surface area (Å²) in [6.07, 6.45) is 1.05. The fraction of sp³-hybridized carbons (Fsp3) is 0.462. The van der Waals surface area contributed by atoms with E-state index in [1.54, 1.807) is 0 Å². The highest BCUT2D eigenvalue weighted by Crippen LogP contribution is 2.23. The Hall–Kier alpha value is -1.02. The maximum absolute atomic E-state index is 8.49. The molecule has 0 radical (unpaired) electrons. The van der Waals surface area contributed by atoms with Crippen LogP contribution in [0.5, 0.6) is 0 Å². The molecular formula is C13H17ClO6. The first kappa shape index (κ1) is 17.0. The minimum absolute atomic E-state index is 0.212. The van der Waals surface area contributed by atoms with Crippen molar-refractivity contribution in [3.05, 3.63) is 35.9 Å². The first-order valence-electron chi connectivity index (χ1n) is 5.97. The van der Waals surface area contributed by atoms with Crippen LogP contribution < -0.4 is 18.6 Å². The van der Waals surface area contributed by atoms with Crippen molar-refractivity contribution < 1.29 is 38.0 Å². The summed E-state index contributed by atoms with van der Waals surface area (Å²) in [4.78, 5) is 0. The summed E-state index contributed by atoms with van der Waals surface area (Å²) in [5.74, 6) is 0.516. The molecule has 0 amide bonds. The maximum Gasteiger partial charge on any atom is 0.384 e. The van der Waals surface area contributed by atoms with Crippen LogP contribution in [0.4, 0.5) is 0 Å². The molecule has 7 heteroatoms. The third-order valence-electron chi connectivity index (χ3n) is 2.42. The van der Waals surface area contributed by atoms with Crippen LogP contribution in [0.15, 0.2) is 30.3 Å². The molecule has 1 unspecified atom stereocenters. The average Bonchev–Trinajstić information content (AvgIpc) is 2.25. The number of ether oxygens (including phenoxy) is 1. The molecule has 0 spiro atoms. The zero-order valence-corrected chi connectivity index (χ0v) is 12.3. The molecule has 2 rings (SSSR count). The van der Waals surface area contributed by atoms with Crippen molar-refractivity contribution in [2.45, 2.75) is 39.1 Å². The molecule has 0 bridgehead atoms. The van der Waals surface area contributed by atoms with Crippen molar-refractivity contribution in [1.29, 1.82) is 0 Å². The van der Waals surface area contributed by atoms with Crippen LogP contribution in [0.3, 0.4) is 0 Å². The van der Waals surface area contributed by atoms with E-state index in [2.05, 4.69) is 19.1 Å². The molecule has 0 N–H and O–H groups in total. The third-order valence-corrected chi connectivity index (χ3v) is 2.42. The number of ketones is 1. The van der Waals surface area contributed by atoms with Gasteiger partial charge in [0.25, 0.3) is 0 Å². The fourth-order valence-corrected chi connectivity index (χ4v) is 1.95. The Kier molecular flexibility index (Phi) is 5.64. The zero-order chi connectivity index (χ0) is 15.4. The van der Waals surface area contributed by atoms with Crippen LogP contribution in [0.25, 0.3) is 0 Å². The molecule has 0 saturated heterocycles. The summed E-state index contributed by atoms with van der Waals surface area (Å²) < 4.78 is 45.5. The molecule has 0 aliphatic carbocycles. The van der Waals surface area contributed by atoms with Gasteiger partial charge in [-0.05, 0) is 19.1 Å². The predicted molar refractivity (Wildman–Crippen MR) is 60.0 cm³/mol. The van der Waals surface area contributed by atoms with E-state index in [1.165, 1.54) is 0 Å². The molecule has 0 aromatic heterocycles. The van der Waals surface area contributed by atoms with Gasteiger partial charge in [-0.3, -0.25) is 4.74 Å². The van der Waals surface area contributed by atoms with E-state index < -0.39 is 16.0 Å². The zero-order valence-electron chi connectivity index (χ0n) is 11.5. The van der Waals surface area contributed by atoms with Gasteiger partial charge in [0.15, 0.2) is 0 Å². The summed E-state index contributed by atoms with van der Waals surface area (Å²) in [7, 11) is -4.94. The smallest absolute Gasteiger partial charge is 0.291 e. The SMILES string of the molecule is CC1CC(c2ccccc2)=[O+]C(C)(C)O1.[O-][Cl+3]([O-])([O-])[O-]. The van der Waals surface area contributed by atoms with E-state index in [9.17, 15) is 0 Å². The van der Waals surface area contributed by atoms with Crippen LogP contribution in [0.1, 0.15) is 37.2 Å². The van der Waals surface area contributed by atoms with Crippen molar-refractivity contribution in [3.63, 3.8) is 0 Å². The van der Waals surface area contributed by atoms with E-state index >= 15 is 0 Å². The molecule has 112 valence electrons. The van der Waals surface area contributed by atoms with Crippen molar-refractivity contribution >= 4 is 5.78 Å². The Bertz CT molecular complexity index is 446. The van der Waals surface area contributed by atoms with Gasteiger partial charge in [-0.15, -0.1) is 10.2 Å². The number of carbonyl (C=O) groups excluding carboxylic acids is 1. The number of benzene rings is 1. The van der Waals surface area contributed by atoms with Gasteiger partial charge in [-0.1, -0.05) is 18.2 Å². The molecule has 1 aromatic rings. The molecule has 1 aliphatic rings. The Morgan fingerprint density at radius 3 is 2.10 bits per heavy atom. The van der Waals surface area contributed by atoms with E-state index in [0.717, 1.165) is 17.8 Å². The second-order valence-electron chi connectivity index (χ2n) is 4.80. The standard InChI is InChI=1S/C13H17O2.ClHO4/c1-10-9-12(15-13(2,3)14-10)11-7-5-4-6-8-11;2-1(3,4)5/h4-8,10H,9H2,1-3H3;(H,2,3,4,5)/q+1;/p-1. The van der Waals surface area contributed by atoms with Gasteiger partial charge >= 0.3 is 11.6 Å². The highest BCUT2D eigenvalue weighted by atomic mass is 35.7. The monoisotopic (exact) mass is 304 g/mol. The Balaban J connectivity index is 0.000000347. The molecule has 20 heavy (non-hydrogen) atoms. The molecular weight excluding hydrogens is 288 g/mol. The van der Waals surface area contributed by atoms with Crippen molar-refractivity contribution in [2.24, 2.45) is 0 Å². The molecule has 1 atom stereocenters. The number of rotatable bonds is 1. The largest absolute Gasteiger partial charge is 0.384 e. The molecule has 6 nitrogen and oxygen atoms in total. The van der Waals surface area contributed by atoms with Crippen LogP contribution in [0.2, 0.25) is 0 Å². The summed E-state index contributed by atoms with van der Waals surface area (Å²) >= 11 is 0. The molecule has 0 fully saturated rings. The Labute approximate surface area is 119 Å². The third kappa shape index (κ3) is 6.95. The van der Waals surface area contributed by atoms with E-state index in [-0.39, 0.29) is 6.10 Å². The number of hydrogen-bond donors (Lipinski definition) is 0. The topological polar surface area (TPSA) is 113 Å². The van der Waals surface area contributed by atoms with Crippen molar-refractivity contribution in [2.75, 3.05) is 0 Å². The van der Waals surface area contributed by atoms with E-state index in [0.29, 0.717) is 0 Å². The van der Waals surface area contributed by atoms with Crippen LogP contribution in [0, 0.1) is 10.2 Å². The normalized spacial score (nSPS) is 21.6. The van der Waals surface area contributed by atoms with Gasteiger partial charge in [0.2, 0.25) is 0 Å². The van der Waals surface area contributed by atoms with Crippen LogP contribution in [-0.2, 0) is 4.74 Å². The van der Waals surface area contributed by atoms with Gasteiger partial charge in [-0.2, -0.15) is 0 Å². The van der Waals surface area contributed by atoms with Crippen LogP contribution >= 0.6 is 0 Å². The minimum Gasteiger partial charge on any atom is -0.291 e. The number of hydrogen-bond acceptors (Lipinski definition) is 5. The Morgan fingerprint density at radius 1 is 1.15 bits per heavy atom. The summed E-state index contributed by atoms with van der Waals surface area (Å²) in [5, 5.41) is 0. The fourth-order valence-electron chi connectivity index (χ4n) is 1.95. The highest BCUT2D eigenvalue weighted by Gasteiger charge is 2.40. The first-order chi connectivity index (χ1) is 9.07. The van der Waals surface area contributed by atoms with Crippen molar-refractivity contribution in [1.82, 2.24) is 0 Å². The minimum atomic E-state index is -4.94. The maximum atomic E-state index is 8.49. The summed E-state index contributed by atoms with van der Waals surface area (Å²) in [5.41, 5.74) is 1.15. The lowest BCUT2D eigenvalue weighted by Crippen LogP contribution is -2.68. The molecule has 1 aliphatic heterocycles. The lowest BCUT2D eigenvalue weighted by molar-refractivity contribution is -2.00. The predicted octanol–water partition coefficient (Wildman–Crippen LogP) is -1.81. The molecule has 1 heterocycles. The quantitative estimate of drug-likeness (QED) is 0.568. The lowest BCUT2D eigenvalue weighted by atomic mass is 10.0. The van der Waals surface area contributed by atoms with Gasteiger partial charge in [0.1, 0.15) is 0 Å². The van der Waals surface area contributed by atoms with E-state index in [4.69, 9.17) is 27.8 Å². The second-order valence-corrected chi connectivity index (χ2v) is 5.56. The van der Waals surface area contributed by atoms with Crippen LogP contribution in [-0.4, -0.2) is 17.7 Å². The average molecular weight is 305 g/mol. The van der Waals surface area contributed by atoms with Gasteiger partial charge in [0.05, 0.1) is 31.9 Å². The van der Waals surface area contributed by atoms with Gasteiger partial charge in [0, 0.05) is 0 Å². The highest BCUT2D eigenvalue weighted by molar-refractivity contribution is 5.96. The van der Waals surface area contributed by atoms with Crippen molar-refractivity contribution in [3.8, 4) is 0 Å². The first-order valence-corrected chi connectivity index (χ1v) is 7.20. The van der Waals surface area contributed by atoms with E-state index in [1.807, 2.05) is 32.0 Å². The second kappa shape index (κ2) is 6.62. The summed E-state index contributed by atoms with van der Waals surface area (Å²) in [6, 6.07) is 10.2. The van der Waals surface area contributed by atoms with Gasteiger partial charge < -0.3 is 0 Å². The van der Waals surface area contributed by atoms with Gasteiger partial charge in [-0.25, -0.2) is 23.1 Å². The molecule has 1 aromatic carbocycles. The molecule has 0 saturated carbocycles. The Morgan fingerprint density at radius 2 is 1.65 bits per heavy atom. The number of halogens is 1. The summed E-state index contributed by atoms with van der Waals surface area (Å²) in [6.45, 7) is 5.98. The lowest BCUT2D eigenvalue weighted by Gasteiger charge is -2.21.